The molecule has 186 valence electrons. The fourth-order valence-electron chi connectivity index (χ4n) is 4.54. The number of rotatable bonds is 7. The van der Waals surface area contributed by atoms with E-state index in [1.54, 1.807) is 12.5 Å². The quantitative estimate of drug-likeness (QED) is 0.256. The average Bonchev–Trinajstić information content (AvgIpc) is 3.62. The van der Waals surface area contributed by atoms with Gasteiger partial charge in [-0.05, 0) is 44.0 Å². The van der Waals surface area contributed by atoms with Crippen LogP contribution in [-0.4, -0.2) is 42.8 Å². The number of hydrogen-bond acceptors (Lipinski definition) is 8. The van der Waals surface area contributed by atoms with Crippen LogP contribution in [-0.2, 0) is 6.42 Å². The van der Waals surface area contributed by atoms with E-state index in [-0.39, 0.29) is 18.5 Å². The summed E-state index contributed by atoms with van der Waals surface area (Å²) in [6.07, 6.45) is 5.94. The minimum absolute atomic E-state index is 0.248. The van der Waals surface area contributed by atoms with E-state index < -0.39 is 0 Å². The molecule has 0 unspecified atom stereocenters. The third-order valence-electron chi connectivity index (χ3n) is 6.46. The summed E-state index contributed by atoms with van der Waals surface area (Å²) in [5.74, 6) is 1.41. The van der Waals surface area contributed by atoms with Crippen molar-refractivity contribution in [3.05, 3.63) is 72.1 Å². The minimum atomic E-state index is -0.248. The Morgan fingerprint density at radius 1 is 1.11 bits per heavy atom. The van der Waals surface area contributed by atoms with Crippen LogP contribution in [0.5, 0.6) is 5.75 Å². The van der Waals surface area contributed by atoms with Crippen molar-refractivity contribution in [3.63, 3.8) is 0 Å². The summed E-state index contributed by atoms with van der Waals surface area (Å²) in [7, 11) is 0. The first-order valence-electron chi connectivity index (χ1n) is 11.9. The Morgan fingerprint density at radius 2 is 1.97 bits per heavy atom. The van der Waals surface area contributed by atoms with Crippen LogP contribution in [0.2, 0.25) is 0 Å². The predicted octanol–water partition coefficient (Wildman–Crippen LogP) is 4.30. The molecule has 6 rings (SSSR count). The Labute approximate surface area is 212 Å². The van der Waals surface area contributed by atoms with Crippen LogP contribution >= 0.6 is 0 Å². The molecule has 0 bridgehead atoms. The fourth-order valence-corrected chi connectivity index (χ4v) is 4.54. The molecule has 5 heterocycles. The Bertz CT molecular complexity index is 1730. The van der Waals surface area contributed by atoms with Crippen molar-refractivity contribution in [2.75, 3.05) is 12.3 Å². The van der Waals surface area contributed by atoms with Gasteiger partial charge in [0.2, 0.25) is 0 Å². The summed E-state index contributed by atoms with van der Waals surface area (Å²) < 4.78 is 11.6. The normalized spacial score (nSPS) is 12.4. The highest BCUT2D eigenvalue weighted by molar-refractivity contribution is 5.85. The van der Waals surface area contributed by atoms with E-state index in [0.717, 1.165) is 33.5 Å². The lowest BCUT2D eigenvalue weighted by molar-refractivity contribution is 0.288. The fraction of sp³-hybridized carbons (Fsp3) is 0.185. The standard InChI is InChI=1S/C27H26N8O2/c1-14-24-27(35-34-14)31-12-22(32-24)20-10-23(26(29)33-25(20)18-7-8-36-15(18)2)37-13-17(28)9-16-11-30-21-6-4-3-5-19(16)21/h3-8,10-12,17,30H,9,13,28H2,1-2H3,(H2,29,33)(H,31,34,35)/t17-/m1/s1. The molecule has 10 heteroatoms. The maximum absolute atomic E-state index is 6.45. The monoisotopic (exact) mass is 494 g/mol. The number of nitrogens with two attached hydrogens (primary N) is 2. The number of aromatic nitrogens is 6. The molecule has 0 aliphatic heterocycles. The Morgan fingerprint density at radius 3 is 2.81 bits per heavy atom. The Hall–Kier alpha value is -4.70. The van der Waals surface area contributed by atoms with E-state index in [1.165, 1.54) is 0 Å². The highest BCUT2D eigenvalue weighted by Crippen LogP contribution is 2.37. The van der Waals surface area contributed by atoms with Gasteiger partial charge in [0.1, 0.15) is 17.9 Å². The van der Waals surface area contributed by atoms with Gasteiger partial charge in [-0.1, -0.05) is 18.2 Å². The molecule has 0 amide bonds. The lowest BCUT2D eigenvalue weighted by Gasteiger charge is -2.16. The molecule has 0 spiro atoms. The van der Waals surface area contributed by atoms with E-state index in [2.05, 4.69) is 26.2 Å². The summed E-state index contributed by atoms with van der Waals surface area (Å²) in [5.41, 5.74) is 19.9. The smallest absolute Gasteiger partial charge is 0.174 e. The van der Waals surface area contributed by atoms with E-state index >= 15 is 0 Å². The van der Waals surface area contributed by atoms with E-state index in [9.17, 15) is 0 Å². The number of para-hydroxylation sites is 1. The van der Waals surface area contributed by atoms with Gasteiger partial charge < -0.3 is 25.6 Å². The zero-order chi connectivity index (χ0) is 25.5. The minimum Gasteiger partial charge on any atom is -0.488 e. The van der Waals surface area contributed by atoms with Crippen molar-refractivity contribution >= 4 is 27.9 Å². The molecule has 10 nitrogen and oxygen atoms in total. The largest absolute Gasteiger partial charge is 0.488 e. The SMILES string of the molecule is Cc1occc1-c1nc(N)c(OC[C@H](N)Cc2c[nH]c3ccccc23)cc1-c1cnc2[nH]nc(C)c2n1. The number of pyridine rings is 1. The first-order chi connectivity index (χ1) is 18.0. The third-order valence-corrected chi connectivity index (χ3v) is 6.46. The number of H-pyrrole nitrogens is 2. The Kier molecular flexibility index (Phi) is 5.57. The molecule has 1 aromatic carbocycles. The van der Waals surface area contributed by atoms with Gasteiger partial charge in [-0.15, -0.1) is 0 Å². The second-order valence-corrected chi connectivity index (χ2v) is 9.05. The topological polar surface area (TPSA) is 158 Å². The molecule has 6 aromatic rings. The molecule has 0 aliphatic carbocycles. The van der Waals surface area contributed by atoms with E-state index in [4.69, 9.17) is 30.6 Å². The molecule has 6 N–H and O–H groups in total. The first-order valence-corrected chi connectivity index (χ1v) is 11.9. The van der Waals surface area contributed by atoms with Gasteiger partial charge in [-0.25, -0.2) is 15.0 Å². The number of nitrogens with zero attached hydrogens (tertiary/aromatic N) is 4. The summed E-state index contributed by atoms with van der Waals surface area (Å²) in [4.78, 5) is 17.3. The van der Waals surface area contributed by atoms with Crippen molar-refractivity contribution < 1.29 is 9.15 Å². The summed E-state index contributed by atoms with van der Waals surface area (Å²) in [6.45, 7) is 4.02. The number of nitrogens with one attached hydrogen (secondary N) is 2. The van der Waals surface area contributed by atoms with Crippen molar-refractivity contribution in [1.29, 1.82) is 0 Å². The molecule has 0 saturated heterocycles. The van der Waals surface area contributed by atoms with Crippen LogP contribution in [0.1, 0.15) is 17.0 Å². The average molecular weight is 495 g/mol. The molecule has 5 aromatic heterocycles. The van der Waals surface area contributed by atoms with Crippen LogP contribution in [0, 0.1) is 13.8 Å². The number of fused-ring (bicyclic) bond motifs is 2. The zero-order valence-electron chi connectivity index (χ0n) is 20.4. The Balaban J connectivity index is 1.33. The number of aromatic amines is 2. The molecule has 1 atom stereocenters. The van der Waals surface area contributed by atoms with Crippen LogP contribution in [0.4, 0.5) is 5.82 Å². The highest BCUT2D eigenvalue weighted by Gasteiger charge is 2.20. The maximum Gasteiger partial charge on any atom is 0.174 e. The number of benzene rings is 1. The van der Waals surface area contributed by atoms with Gasteiger partial charge in [0.05, 0.1) is 29.5 Å². The van der Waals surface area contributed by atoms with Gasteiger partial charge in [0, 0.05) is 34.3 Å². The maximum atomic E-state index is 6.45. The molecular weight excluding hydrogens is 468 g/mol. The third kappa shape index (κ3) is 4.17. The van der Waals surface area contributed by atoms with Crippen LogP contribution in [0.15, 0.2) is 59.5 Å². The lowest BCUT2D eigenvalue weighted by atomic mass is 10.0. The van der Waals surface area contributed by atoms with Crippen LogP contribution < -0.4 is 16.2 Å². The molecule has 0 saturated carbocycles. The second kappa shape index (κ2) is 9.07. The molecular formula is C27H26N8O2. The van der Waals surface area contributed by atoms with Gasteiger partial charge in [-0.3, -0.25) is 5.10 Å². The lowest BCUT2D eigenvalue weighted by Crippen LogP contribution is -2.30. The number of hydrogen-bond donors (Lipinski definition) is 4. The zero-order valence-corrected chi connectivity index (χ0v) is 20.4. The van der Waals surface area contributed by atoms with Crippen LogP contribution in [0.25, 0.3) is 44.6 Å². The molecule has 0 aliphatic rings. The second-order valence-electron chi connectivity index (χ2n) is 9.05. The molecule has 0 fully saturated rings. The predicted molar refractivity (Wildman–Crippen MR) is 142 cm³/mol. The first kappa shape index (κ1) is 22.7. The molecule has 0 radical (unpaired) electrons. The summed E-state index contributed by atoms with van der Waals surface area (Å²) in [5, 5.41) is 8.25. The van der Waals surface area contributed by atoms with Gasteiger partial charge in [0.15, 0.2) is 17.2 Å². The van der Waals surface area contributed by atoms with Gasteiger partial charge in [-0.2, -0.15) is 5.10 Å². The number of aryl methyl sites for hydroxylation is 2. The van der Waals surface area contributed by atoms with Crippen molar-refractivity contribution in [3.8, 4) is 28.3 Å². The van der Waals surface area contributed by atoms with Crippen molar-refractivity contribution in [2.45, 2.75) is 26.3 Å². The van der Waals surface area contributed by atoms with Crippen molar-refractivity contribution in [2.24, 2.45) is 5.73 Å². The van der Waals surface area contributed by atoms with E-state index in [1.807, 2.05) is 50.4 Å². The van der Waals surface area contributed by atoms with Crippen LogP contribution in [0.3, 0.4) is 0 Å². The molecule has 37 heavy (non-hydrogen) atoms. The highest BCUT2D eigenvalue weighted by atomic mass is 16.5. The van der Waals surface area contributed by atoms with Gasteiger partial charge in [0.25, 0.3) is 0 Å². The van der Waals surface area contributed by atoms with Gasteiger partial charge >= 0.3 is 0 Å². The number of nitrogen functional groups attached to an aromatic ring is 1. The number of furan rings is 1. The van der Waals surface area contributed by atoms with E-state index in [0.29, 0.717) is 40.3 Å². The summed E-state index contributed by atoms with van der Waals surface area (Å²) in [6, 6.07) is 11.6. The summed E-state index contributed by atoms with van der Waals surface area (Å²) >= 11 is 0. The number of anilines is 1. The van der Waals surface area contributed by atoms with Crippen molar-refractivity contribution in [1.82, 2.24) is 30.1 Å². The number of ether oxygens (including phenoxy) is 1.